The van der Waals surface area contributed by atoms with Crippen LogP contribution in [0.4, 0.5) is 0 Å². The summed E-state index contributed by atoms with van der Waals surface area (Å²) in [4.78, 5) is 17.5. The summed E-state index contributed by atoms with van der Waals surface area (Å²) in [5.41, 5.74) is 10.8. The second-order valence-electron chi connectivity index (χ2n) is 4.12. The van der Waals surface area contributed by atoms with E-state index in [4.69, 9.17) is 35.8 Å². The van der Waals surface area contributed by atoms with Crippen molar-refractivity contribution in [2.75, 3.05) is 13.2 Å². The van der Waals surface area contributed by atoms with Gasteiger partial charge >= 0.3 is 7.82 Å². The van der Waals surface area contributed by atoms with Crippen molar-refractivity contribution >= 4 is 7.82 Å². The highest BCUT2D eigenvalue weighted by molar-refractivity contribution is 7.46. The molecule has 0 aliphatic carbocycles. The van der Waals surface area contributed by atoms with Gasteiger partial charge in [0.2, 0.25) is 0 Å². The highest BCUT2D eigenvalue weighted by atomic mass is 31.2. The van der Waals surface area contributed by atoms with E-state index in [-0.39, 0.29) is 6.61 Å². The number of aliphatic hydroxyl groups excluding tert-OH is 2. The summed E-state index contributed by atoms with van der Waals surface area (Å²) in [5.74, 6) is 0. The van der Waals surface area contributed by atoms with E-state index in [0.29, 0.717) is 0 Å². The van der Waals surface area contributed by atoms with E-state index in [0.717, 1.165) is 0 Å². The average molecular weight is 314 g/mol. The van der Waals surface area contributed by atoms with E-state index < -0.39 is 45.1 Å². The number of rotatable bonds is 6. The number of nitrogens with two attached hydrogens (primary N) is 2. The molecule has 0 radical (unpaired) electrons. The maximum Gasteiger partial charge on any atom is 0.470 e. The Morgan fingerprint density at radius 3 is 2.55 bits per heavy atom. The summed E-state index contributed by atoms with van der Waals surface area (Å²) in [7, 11) is -4.87. The minimum atomic E-state index is -4.87. The van der Waals surface area contributed by atoms with Gasteiger partial charge in [-0.1, -0.05) is 0 Å². The van der Waals surface area contributed by atoms with Crippen LogP contribution in [-0.2, 0) is 18.6 Å². The van der Waals surface area contributed by atoms with Crippen LogP contribution in [0, 0.1) is 0 Å². The number of phosphoric ester groups is 1. The molecule has 0 amide bonds. The lowest BCUT2D eigenvalue weighted by Gasteiger charge is -2.42. The number of ether oxygens (including phenoxy) is 2. The van der Waals surface area contributed by atoms with Crippen LogP contribution in [0.3, 0.4) is 0 Å². The van der Waals surface area contributed by atoms with E-state index in [1.165, 1.54) is 12.3 Å². The summed E-state index contributed by atoms with van der Waals surface area (Å²) in [6, 6.07) is -1.11. The predicted molar refractivity (Wildman–Crippen MR) is 65.9 cm³/mol. The van der Waals surface area contributed by atoms with Crippen molar-refractivity contribution in [3.63, 3.8) is 0 Å². The molecule has 8 N–H and O–H groups in total. The molecule has 0 aromatic carbocycles. The standard InChI is InChI=1S/C9H19N2O8P/c10-2-1-3-17-9-6(11)7(13)8(5(4-12)18-9)19-20(14,15)16/h1-2,5-9,12-13H,3-4,10-11H2,(H2,14,15,16)/t5-,6-,7-,8-,9?/m1/s1. The van der Waals surface area contributed by atoms with Crippen molar-refractivity contribution in [1.29, 1.82) is 0 Å². The molecule has 118 valence electrons. The second kappa shape index (κ2) is 7.46. The zero-order chi connectivity index (χ0) is 15.3. The molecule has 0 aromatic rings. The Morgan fingerprint density at radius 2 is 2.05 bits per heavy atom. The Kier molecular flexibility index (Phi) is 6.52. The molecular weight excluding hydrogens is 295 g/mol. The summed E-state index contributed by atoms with van der Waals surface area (Å²) < 4.78 is 25.6. The molecule has 1 aliphatic rings. The van der Waals surface area contributed by atoms with Gasteiger partial charge in [-0.05, 0) is 12.3 Å². The first kappa shape index (κ1) is 17.5. The summed E-state index contributed by atoms with van der Waals surface area (Å²) in [6.07, 6.45) is -2.51. The quantitative estimate of drug-likeness (QED) is 0.284. The zero-order valence-electron chi connectivity index (χ0n) is 10.5. The average Bonchev–Trinajstić information content (AvgIpc) is 2.36. The van der Waals surface area contributed by atoms with Gasteiger partial charge in [0.1, 0.15) is 18.3 Å². The largest absolute Gasteiger partial charge is 0.470 e. The lowest BCUT2D eigenvalue weighted by atomic mass is 9.98. The van der Waals surface area contributed by atoms with Gasteiger partial charge < -0.3 is 40.9 Å². The maximum atomic E-state index is 10.8. The Labute approximate surface area is 115 Å². The zero-order valence-corrected chi connectivity index (χ0v) is 11.4. The molecule has 0 saturated carbocycles. The molecule has 1 heterocycles. The van der Waals surface area contributed by atoms with Crippen LogP contribution in [0.25, 0.3) is 0 Å². The van der Waals surface area contributed by atoms with Gasteiger partial charge in [-0.2, -0.15) is 0 Å². The summed E-state index contributed by atoms with van der Waals surface area (Å²) in [5, 5.41) is 19.1. The molecule has 1 saturated heterocycles. The van der Waals surface area contributed by atoms with Gasteiger partial charge in [-0.25, -0.2) is 4.57 Å². The minimum absolute atomic E-state index is 0.0593. The first-order valence-electron chi connectivity index (χ1n) is 5.72. The normalized spacial score (nSPS) is 35.5. The lowest BCUT2D eigenvalue weighted by molar-refractivity contribution is -0.259. The summed E-state index contributed by atoms with van der Waals surface area (Å²) >= 11 is 0. The number of hydrogen-bond acceptors (Lipinski definition) is 8. The van der Waals surface area contributed by atoms with Crippen LogP contribution >= 0.6 is 7.82 Å². The van der Waals surface area contributed by atoms with Crippen LogP contribution in [0.1, 0.15) is 0 Å². The Morgan fingerprint density at radius 1 is 1.40 bits per heavy atom. The third-order valence-electron chi connectivity index (χ3n) is 2.65. The molecule has 10 nitrogen and oxygen atoms in total. The first-order chi connectivity index (χ1) is 9.30. The monoisotopic (exact) mass is 314 g/mol. The number of phosphoric acid groups is 1. The third-order valence-corrected chi connectivity index (χ3v) is 3.17. The fourth-order valence-electron chi connectivity index (χ4n) is 1.73. The second-order valence-corrected chi connectivity index (χ2v) is 5.31. The molecule has 0 bridgehead atoms. The van der Waals surface area contributed by atoms with E-state index >= 15 is 0 Å². The van der Waals surface area contributed by atoms with Crippen LogP contribution in [-0.4, -0.2) is 63.9 Å². The van der Waals surface area contributed by atoms with E-state index in [2.05, 4.69) is 4.52 Å². The lowest BCUT2D eigenvalue weighted by Crippen LogP contribution is -2.63. The highest BCUT2D eigenvalue weighted by Crippen LogP contribution is 2.41. The predicted octanol–water partition coefficient (Wildman–Crippen LogP) is -2.64. The SMILES string of the molecule is NC=CCOC1O[C@H](CO)[C@@H](OP(=O)(O)O)[C@H](O)[C@H]1N. The molecule has 1 aliphatic heterocycles. The topological polar surface area (TPSA) is 178 Å². The van der Waals surface area contributed by atoms with Crippen LogP contribution in [0.2, 0.25) is 0 Å². The molecule has 1 rings (SSSR count). The van der Waals surface area contributed by atoms with Gasteiger partial charge in [0.15, 0.2) is 6.29 Å². The van der Waals surface area contributed by atoms with Gasteiger partial charge in [-0.3, -0.25) is 4.52 Å². The first-order valence-corrected chi connectivity index (χ1v) is 7.25. The Hall–Kier alpha value is -0.550. The highest BCUT2D eigenvalue weighted by Gasteiger charge is 2.47. The fourth-order valence-corrected chi connectivity index (χ4v) is 2.31. The molecular formula is C9H19N2O8P. The van der Waals surface area contributed by atoms with E-state index in [9.17, 15) is 9.67 Å². The molecule has 1 fully saturated rings. The molecule has 0 spiro atoms. The maximum absolute atomic E-state index is 10.8. The smallest absolute Gasteiger partial charge is 0.405 e. The number of aliphatic hydroxyl groups is 2. The van der Waals surface area contributed by atoms with Gasteiger partial charge in [-0.15, -0.1) is 0 Å². The van der Waals surface area contributed by atoms with E-state index in [1.54, 1.807) is 0 Å². The molecule has 20 heavy (non-hydrogen) atoms. The molecule has 0 aromatic heterocycles. The molecule has 1 unspecified atom stereocenters. The molecule has 11 heteroatoms. The van der Waals surface area contributed by atoms with E-state index in [1.807, 2.05) is 0 Å². The Balaban J connectivity index is 2.75. The van der Waals surface area contributed by atoms with Crippen molar-refractivity contribution in [2.45, 2.75) is 30.6 Å². The minimum Gasteiger partial charge on any atom is -0.405 e. The van der Waals surface area contributed by atoms with Gasteiger partial charge in [0, 0.05) is 0 Å². The van der Waals surface area contributed by atoms with Crippen molar-refractivity contribution in [3.05, 3.63) is 12.3 Å². The van der Waals surface area contributed by atoms with Crippen LogP contribution in [0.15, 0.2) is 12.3 Å². The van der Waals surface area contributed by atoms with Crippen molar-refractivity contribution in [1.82, 2.24) is 0 Å². The molecule has 5 atom stereocenters. The van der Waals surface area contributed by atoms with Crippen molar-refractivity contribution in [3.8, 4) is 0 Å². The third kappa shape index (κ3) is 4.77. The Bertz CT molecular complexity index is 373. The van der Waals surface area contributed by atoms with Gasteiger partial charge in [0.05, 0.1) is 19.3 Å². The van der Waals surface area contributed by atoms with Crippen LogP contribution < -0.4 is 11.5 Å². The summed E-state index contributed by atoms with van der Waals surface area (Å²) in [6.45, 7) is -0.579. The number of hydrogen-bond donors (Lipinski definition) is 6. The van der Waals surface area contributed by atoms with Crippen molar-refractivity contribution in [2.24, 2.45) is 11.5 Å². The van der Waals surface area contributed by atoms with Crippen molar-refractivity contribution < 1.29 is 38.6 Å². The van der Waals surface area contributed by atoms with Gasteiger partial charge in [0.25, 0.3) is 0 Å². The van der Waals surface area contributed by atoms with Crippen LogP contribution in [0.5, 0.6) is 0 Å². The fraction of sp³-hybridized carbons (Fsp3) is 0.778.